The van der Waals surface area contributed by atoms with Crippen molar-refractivity contribution in [1.82, 2.24) is 20.4 Å². The molecule has 3 heterocycles. The van der Waals surface area contributed by atoms with E-state index in [0.29, 0.717) is 18.9 Å². The number of hydrogen-bond donors (Lipinski definition) is 2. The molecule has 0 bridgehead atoms. The van der Waals surface area contributed by atoms with Gasteiger partial charge >= 0.3 is 0 Å². The number of halogens is 1. The van der Waals surface area contributed by atoms with E-state index in [0.717, 1.165) is 39.0 Å². The summed E-state index contributed by atoms with van der Waals surface area (Å²) >= 11 is 0. The quantitative estimate of drug-likeness (QED) is 0.822. The first-order valence-electron chi connectivity index (χ1n) is 9.91. The van der Waals surface area contributed by atoms with Gasteiger partial charge in [-0.05, 0) is 30.9 Å². The molecule has 2 aliphatic rings. The van der Waals surface area contributed by atoms with Crippen LogP contribution in [0.5, 0.6) is 0 Å². The number of aryl methyl sites for hydroxylation is 1. The van der Waals surface area contributed by atoms with Crippen LogP contribution in [-0.4, -0.2) is 59.9 Å². The highest BCUT2D eigenvalue weighted by atomic mass is 35.5. The summed E-state index contributed by atoms with van der Waals surface area (Å²) in [5.41, 5.74) is 4.89. The average Bonchev–Trinajstić information content (AvgIpc) is 3.19. The maximum absolute atomic E-state index is 12.6. The number of benzene rings is 1. The molecule has 1 amide bonds. The molecule has 1 aromatic heterocycles. The molecule has 0 spiro atoms. The summed E-state index contributed by atoms with van der Waals surface area (Å²) in [5, 5.41) is 10.8. The van der Waals surface area contributed by atoms with E-state index >= 15 is 0 Å². The van der Waals surface area contributed by atoms with Crippen LogP contribution in [0.25, 0.3) is 11.1 Å². The Balaban J connectivity index is 0.00000225. The second-order valence-electron chi connectivity index (χ2n) is 7.57. The Morgan fingerprint density at radius 2 is 2.04 bits per heavy atom. The molecule has 0 aliphatic carbocycles. The Labute approximate surface area is 172 Å². The van der Waals surface area contributed by atoms with Crippen LogP contribution in [0.15, 0.2) is 30.5 Å². The van der Waals surface area contributed by atoms with Gasteiger partial charge < -0.3 is 15.0 Å². The van der Waals surface area contributed by atoms with E-state index in [-0.39, 0.29) is 24.4 Å². The highest BCUT2D eigenvalue weighted by Crippen LogP contribution is 2.35. The largest absolute Gasteiger partial charge is 0.375 e. The van der Waals surface area contributed by atoms with Gasteiger partial charge in [0.25, 0.3) is 0 Å². The predicted molar refractivity (Wildman–Crippen MR) is 112 cm³/mol. The Bertz CT molecular complexity index is 780. The highest BCUT2D eigenvalue weighted by Gasteiger charge is 2.28. The molecule has 6 nitrogen and oxygen atoms in total. The Kier molecular flexibility index (Phi) is 7.10. The molecule has 28 heavy (non-hydrogen) atoms. The van der Waals surface area contributed by atoms with Crippen LogP contribution >= 0.6 is 12.4 Å². The standard InChI is InChI=1S/C21H28N4O2.ClH/c1-15-4-2-3-5-18(15)19-14-23-24-21(19)16-6-9-25(10-7-16)20(26)12-17-13-22-8-11-27-17;/h2-5,14,16-17,22H,6-13H2,1H3,(H,23,24);1H. The molecule has 1 unspecified atom stereocenters. The number of hydrogen-bond acceptors (Lipinski definition) is 4. The Hall–Kier alpha value is -1.89. The van der Waals surface area contributed by atoms with E-state index in [1.807, 2.05) is 11.1 Å². The van der Waals surface area contributed by atoms with E-state index in [9.17, 15) is 4.79 Å². The van der Waals surface area contributed by atoms with Gasteiger partial charge in [-0.3, -0.25) is 9.89 Å². The molecule has 2 aliphatic heterocycles. The molecule has 2 N–H and O–H groups in total. The summed E-state index contributed by atoms with van der Waals surface area (Å²) in [6.45, 7) is 6.09. The van der Waals surface area contributed by atoms with Crippen LogP contribution in [0.1, 0.15) is 36.4 Å². The summed E-state index contributed by atoms with van der Waals surface area (Å²) < 4.78 is 5.67. The molecule has 2 saturated heterocycles. The third-order valence-electron chi connectivity index (χ3n) is 5.77. The molecule has 0 saturated carbocycles. The Morgan fingerprint density at radius 3 is 2.75 bits per heavy atom. The van der Waals surface area contributed by atoms with E-state index < -0.39 is 0 Å². The maximum atomic E-state index is 12.6. The monoisotopic (exact) mass is 404 g/mol. The fourth-order valence-electron chi connectivity index (χ4n) is 4.19. The number of carbonyl (C=O) groups is 1. The second kappa shape index (κ2) is 9.54. The number of likely N-dealkylation sites (tertiary alicyclic amines) is 1. The van der Waals surface area contributed by atoms with Crippen molar-refractivity contribution in [2.24, 2.45) is 0 Å². The summed E-state index contributed by atoms with van der Waals surface area (Å²) in [4.78, 5) is 14.6. The molecule has 2 fully saturated rings. The number of H-pyrrole nitrogens is 1. The van der Waals surface area contributed by atoms with Gasteiger partial charge in [-0.1, -0.05) is 24.3 Å². The number of nitrogens with one attached hydrogen (secondary N) is 2. The number of rotatable bonds is 4. The summed E-state index contributed by atoms with van der Waals surface area (Å²) in [7, 11) is 0. The van der Waals surface area contributed by atoms with Gasteiger partial charge in [0, 0.05) is 43.4 Å². The van der Waals surface area contributed by atoms with Crippen molar-refractivity contribution in [1.29, 1.82) is 0 Å². The van der Waals surface area contributed by atoms with E-state index in [1.165, 1.54) is 22.4 Å². The SMILES string of the molecule is Cc1ccccc1-c1cn[nH]c1C1CCN(C(=O)CC2CNCCO2)CC1.Cl. The van der Waals surface area contributed by atoms with Gasteiger partial charge in [0.1, 0.15) is 0 Å². The number of aromatic amines is 1. The van der Waals surface area contributed by atoms with Crippen molar-refractivity contribution in [2.45, 2.75) is 38.2 Å². The van der Waals surface area contributed by atoms with E-state index in [1.54, 1.807) is 0 Å². The van der Waals surface area contributed by atoms with Crippen molar-refractivity contribution in [3.05, 3.63) is 41.7 Å². The first-order valence-corrected chi connectivity index (χ1v) is 9.91. The molecule has 152 valence electrons. The van der Waals surface area contributed by atoms with Gasteiger partial charge in [-0.25, -0.2) is 0 Å². The molecule has 2 aromatic rings. The zero-order valence-corrected chi connectivity index (χ0v) is 17.1. The minimum absolute atomic E-state index is 0. The molecule has 1 aromatic carbocycles. The molecule has 4 rings (SSSR count). The Morgan fingerprint density at radius 1 is 1.25 bits per heavy atom. The number of morpholine rings is 1. The van der Waals surface area contributed by atoms with Gasteiger partial charge in [-0.2, -0.15) is 5.10 Å². The molecular formula is C21H29ClN4O2. The second-order valence-corrected chi connectivity index (χ2v) is 7.57. The van der Waals surface area contributed by atoms with Gasteiger partial charge in [0.15, 0.2) is 0 Å². The summed E-state index contributed by atoms with van der Waals surface area (Å²) in [6.07, 6.45) is 4.37. The molecular weight excluding hydrogens is 376 g/mol. The fourth-order valence-corrected chi connectivity index (χ4v) is 4.19. The third-order valence-corrected chi connectivity index (χ3v) is 5.77. The van der Waals surface area contributed by atoms with Crippen molar-refractivity contribution in [3.63, 3.8) is 0 Å². The topological polar surface area (TPSA) is 70.2 Å². The van der Waals surface area contributed by atoms with Gasteiger partial charge in [0.05, 0.1) is 25.3 Å². The first kappa shape index (κ1) is 20.8. The number of piperidine rings is 1. The lowest BCUT2D eigenvalue weighted by molar-refractivity contribution is -0.135. The maximum Gasteiger partial charge on any atom is 0.225 e. The van der Waals surface area contributed by atoms with Crippen LogP contribution in [0.2, 0.25) is 0 Å². The van der Waals surface area contributed by atoms with Crippen molar-refractivity contribution >= 4 is 18.3 Å². The highest BCUT2D eigenvalue weighted by molar-refractivity contribution is 5.85. The van der Waals surface area contributed by atoms with Crippen LogP contribution in [0.3, 0.4) is 0 Å². The van der Waals surface area contributed by atoms with Gasteiger partial charge in [0.2, 0.25) is 5.91 Å². The predicted octanol–water partition coefficient (Wildman–Crippen LogP) is 2.89. The molecule has 7 heteroatoms. The number of carbonyl (C=O) groups excluding carboxylic acids is 1. The molecule has 1 atom stereocenters. The van der Waals surface area contributed by atoms with Gasteiger partial charge in [-0.15, -0.1) is 12.4 Å². The van der Waals surface area contributed by atoms with E-state index in [2.05, 4.69) is 46.7 Å². The van der Waals surface area contributed by atoms with Crippen molar-refractivity contribution < 1.29 is 9.53 Å². The smallest absolute Gasteiger partial charge is 0.225 e. The minimum atomic E-state index is 0. The van der Waals surface area contributed by atoms with Crippen molar-refractivity contribution in [3.8, 4) is 11.1 Å². The first-order chi connectivity index (χ1) is 13.2. The normalized spacial score (nSPS) is 20.6. The van der Waals surface area contributed by atoms with Crippen LogP contribution < -0.4 is 5.32 Å². The average molecular weight is 405 g/mol. The zero-order chi connectivity index (χ0) is 18.6. The number of nitrogens with zero attached hydrogens (tertiary/aromatic N) is 2. The number of ether oxygens (including phenoxy) is 1. The van der Waals surface area contributed by atoms with Crippen molar-refractivity contribution in [2.75, 3.05) is 32.8 Å². The lowest BCUT2D eigenvalue weighted by Crippen LogP contribution is -2.44. The van der Waals surface area contributed by atoms with Crippen LogP contribution in [0, 0.1) is 6.92 Å². The number of aromatic nitrogens is 2. The summed E-state index contributed by atoms with van der Waals surface area (Å²) in [6, 6.07) is 8.42. The number of amides is 1. The lowest BCUT2D eigenvalue weighted by atomic mass is 9.88. The van der Waals surface area contributed by atoms with Crippen LogP contribution in [-0.2, 0) is 9.53 Å². The third kappa shape index (κ3) is 4.57. The van der Waals surface area contributed by atoms with Crippen LogP contribution in [0.4, 0.5) is 0 Å². The minimum Gasteiger partial charge on any atom is -0.375 e. The molecule has 0 radical (unpaired) electrons. The fraction of sp³-hybridized carbons (Fsp3) is 0.524. The lowest BCUT2D eigenvalue weighted by Gasteiger charge is -2.33. The van der Waals surface area contributed by atoms with E-state index in [4.69, 9.17) is 4.74 Å². The zero-order valence-electron chi connectivity index (χ0n) is 16.3. The summed E-state index contributed by atoms with van der Waals surface area (Å²) in [5.74, 6) is 0.629.